The third-order valence-corrected chi connectivity index (χ3v) is 3.45. The van der Waals surface area contributed by atoms with Gasteiger partial charge in [-0.1, -0.05) is 13.8 Å². The Morgan fingerprint density at radius 1 is 1.35 bits per heavy atom. The maximum atomic E-state index is 10.8. The molecule has 0 aromatic rings. The molecule has 2 N–H and O–H groups in total. The van der Waals surface area contributed by atoms with Crippen molar-refractivity contribution in [1.82, 2.24) is 10.2 Å². The van der Waals surface area contributed by atoms with E-state index in [4.69, 9.17) is 5.11 Å². The number of aliphatic carboxylic acids is 1. The van der Waals surface area contributed by atoms with Crippen LogP contribution in [-0.4, -0.2) is 59.1 Å². The third-order valence-electron chi connectivity index (χ3n) is 2.41. The average molecular weight is 262 g/mol. The number of nitrogens with one attached hydrogen (secondary N) is 1. The van der Waals surface area contributed by atoms with E-state index >= 15 is 0 Å². The summed E-state index contributed by atoms with van der Waals surface area (Å²) in [7, 11) is 0. The molecule has 0 rings (SSSR count). The Morgan fingerprint density at radius 3 is 2.35 bits per heavy atom. The van der Waals surface area contributed by atoms with E-state index in [1.54, 1.807) is 11.8 Å². The Balaban J connectivity index is 3.82. The lowest BCUT2D eigenvalue weighted by atomic mass is 10.3. The number of hydrogen-bond acceptors (Lipinski definition) is 4. The molecule has 0 fully saturated rings. The van der Waals surface area contributed by atoms with Crippen LogP contribution in [0.25, 0.3) is 0 Å². The van der Waals surface area contributed by atoms with E-state index in [2.05, 4.69) is 24.1 Å². The van der Waals surface area contributed by atoms with Crippen LogP contribution in [0.5, 0.6) is 0 Å². The standard InChI is InChI=1S/C11H22N2O3S/c1-4-13(5-2)6-7-17-8-10(11(15)16)12-9(3)14/h10H,4-8H2,1-3H3,(H,12,14)(H,15,16). The van der Waals surface area contributed by atoms with Gasteiger partial charge in [-0.2, -0.15) is 11.8 Å². The SMILES string of the molecule is CCN(CC)CCSCC(NC(C)=O)C(=O)O. The first-order valence-electron chi connectivity index (χ1n) is 5.81. The molecule has 0 spiro atoms. The van der Waals surface area contributed by atoms with Crippen LogP contribution < -0.4 is 5.32 Å². The van der Waals surface area contributed by atoms with Crippen LogP contribution >= 0.6 is 11.8 Å². The molecular weight excluding hydrogens is 240 g/mol. The maximum Gasteiger partial charge on any atom is 0.327 e. The van der Waals surface area contributed by atoms with Gasteiger partial charge >= 0.3 is 5.97 Å². The first-order chi connectivity index (χ1) is 8.01. The molecule has 5 nitrogen and oxygen atoms in total. The molecule has 0 radical (unpaired) electrons. The van der Waals surface area contributed by atoms with Crippen molar-refractivity contribution in [1.29, 1.82) is 0 Å². The van der Waals surface area contributed by atoms with E-state index < -0.39 is 12.0 Å². The number of carbonyl (C=O) groups is 2. The Labute approximate surface area is 107 Å². The molecule has 1 amide bonds. The predicted octanol–water partition coefficient (Wildman–Crippen LogP) is 0.651. The number of amides is 1. The van der Waals surface area contributed by atoms with Crippen LogP contribution in [0.4, 0.5) is 0 Å². The molecule has 1 atom stereocenters. The highest BCUT2D eigenvalue weighted by Gasteiger charge is 2.17. The lowest BCUT2D eigenvalue weighted by molar-refractivity contribution is -0.140. The zero-order valence-electron chi connectivity index (χ0n) is 10.7. The van der Waals surface area contributed by atoms with Crippen molar-refractivity contribution in [3.05, 3.63) is 0 Å². The van der Waals surface area contributed by atoms with Crippen molar-refractivity contribution in [3.63, 3.8) is 0 Å². The molecule has 0 aliphatic carbocycles. The van der Waals surface area contributed by atoms with Crippen LogP contribution in [0.1, 0.15) is 20.8 Å². The van der Waals surface area contributed by atoms with Gasteiger partial charge in [0.05, 0.1) is 0 Å². The molecule has 0 aliphatic heterocycles. The number of thioether (sulfide) groups is 1. The Bertz CT molecular complexity index is 245. The number of carboxylic acid groups (broad SMARTS) is 1. The normalized spacial score (nSPS) is 12.5. The molecule has 0 aromatic heterocycles. The minimum absolute atomic E-state index is 0.304. The summed E-state index contributed by atoms with van der Waals surface area (Å²) in [6, 6.07) is -0.783. The highest BCUT2D eigenvalue weighted by molar-refractivity contribution is 7.99. The van der Waals surface area contributed by atoms with Gasteiger partial charge in [-0.3, -0.25) is 4.79 Å². The second kappa shape index (κ2) is 9.30. The van der Waals surface area contributed by atoms with Gasteiger partial charge in [0.25, 0.3) is 0 Å². The van der Waals surface area contributed by atoms with E-state index in [-0.39, 0.29) is 5.91 Å². The molecule has 100 valence electrons. The molecule has 0 aliphatic rings. The van der Waals surface area contributed by atoms with Gasteiger partial charge in [0.1, 0.15) is 6.04 Å². The fourth-order valence-corrected chi connectivity index (χ4v) is 2.37. The zero-order valence-corrected chi connectivity index (χ0v) is 11.5. The smallest absolute Gasteiger partial charge is 0.327 e. The highest BCUT2D eigenvalue weighted by atomic mass is 32.2. The largest absolute Gasteiger partial charge is 0.480 e. The van der Waals surface area contributed by atoms with E-state index in [1.165, 1.54) is 6.92 Å². The van der Waals surface area contributed by atoms with Crippen molar-refractivity contribution in [2.45, 2.75) is 26.8 Å². The predicted molar refractivity (Wildman–Crippen MR) is 70.4 cm³/mol. The molecule has 0 bridgehead atoms. The molecule has 17 heavy (non-hydrogen) atoms. The summed E-state index contributed by atoms with van der Waals surface area (Å²) in [5.74, 6) is 0.0126. The fourth-order valence-electron chi connectivity index (χ4n) is 1.35. The summed E-state index contributed by atoms with van der Waals surface area (Å²) >= 11 is 1.55. The van der Waals surface area contributed by atoms with Crippen LogP contribution in [0.3, 0.4) is 0 Å². The topological polar surface area (TPSA) is 69.6 Å². The van der Waals surface area contributed by atoms with Gasteiger partial charge in [0, 0.05) is 25.0 Å². The van der Waals surface area contributed by atoms with Crippen molar-refractivity contribution >= 4 is 23.6 Å². The van der Waals surface area contributed by atoms with Gasteiger partial charge in [0.2, 0.25) is 5.91 Å². The number of rotatable bonds is 9. The van der Waals surface area contributed by atoms with Crippen LogP contribution in [0.15, 0.2) is 0 Å². The molecule has 1 unspecified atom stereocenters. The first kappa shape index (κ1) is 16.2. The van der Waals surface area contributed by atoms with E-state index in [1.807, 2.05) is 0 Å². The van der Waals surface area contributed by atoms with Crippen LogP contribution in [0.2, 0.25) is 0 Å². The van der Waals surface area contributed by atoms with E-state index in [9.17, 15) is 9.59 Å². The van der Waals surface area contributed by atoms with Crippen molar-refractivity contribution < 1.29 is 14.7 Å². The first-order valence-corrected chi connectivity index (χ1v) is 6.96. The highest BCUT2D eigenvalue weighted by Crippen LogP contribution is 2.04. The quantitative estimate of drug-likeness (QED) is 0.597. The van der Waals surface area contributed by atoms with Crippen molar-refractivity contribution in [2.24, 2.45) is 0 Å². The lowest BCUT2D eigenvalue weighted by Crippen LogP contribution is -2.41. The molecule has 0 saturated heterocycles. The summed E-state index contributed by atoms with van der Waals surface area (Å²) in [6.07, 6.45) is 0. The number of carbonyl (C=O) groups excluding carboxylic acids is 1. The molecule has 0 heterocycles. The minimum Gasteiger partial charge on any atom is -0.480 e. The van der Waals surface area contributed by atoms with Crippen LogP contribution in [-0.2, 0) is 9.59 Å². The number of hydrogen-bond donors (Lipinski definition) is 2. The van der Waals surface area contributed by atoms with Gasteiger partial charge < -0.3 is 15.3 Å². The molecular formula is C11H22N2O3S. The number of nitrogens with zero attached hydrogens (tertiary/aromatic N) is 1. The van der Waals surface area contributed by atoms with Gasteiger partial charge in [-0.05, 0) is 13.1 Å². The minimum atomic E-state index is -0.976. The van der Waals surface area contributed by atoms with E-state index in [0.29, 0.717) is 5.75 Å². The zero-order chi connectivity index (χ0) is 13.3. The summed E-state index contributed by atoms with van der Waals surface area (Å²) in [5, 5.41) is 11.3. The number of carboxylic acids is 1. The van der Waals surface area contributed by atoms with Gasteiger partial charge in [-0.15, -0.1) is 0 Å². The Morgan fingerprint density at radius 2 is 1.94 bits per heavy atom. The summed E-state index contributed by atoms with van der Waals surface area (Å²) < 4.78 is 0. The Kier molecular flexibility index (Phi) is 8.89. The summed E-state index contributed by atoms with van der Waals surface area (Å²) in [6.45, 7) is 8.49. The van der Waals surface area contributed by atoms with Crippen molar-refractivity contribution in [3.8, 4) is 0 Å². The van der Waals surface area contributed by atoms with Crippen molar-refractivity contribution in [2.75, 3.05) is 31.1 Å². The second-order valence-corrected chi connectivity index (χ2v) is 4.84. The van der Waals surface area contributed by atoms with Crippen LogP contribution in [0, 0.1) is 0 Å². The fraction of sp³-hybridized carbons (Fsp3) is 0.818. The maximum absolute atomic E-state index is 10.8. The molecule has 6 heteroatoms. The van der Waals surface area contributed by atoms with Gasteiger partial charge in [0.15, 0.2) is 0 Å². The molecule has 0 aromatic carbocycles. The van der Waals surface area contributed by atoms with Gasteiger partial charge in [-0.25, -0.2) is 4.79 Å². The monoisotopic (exact) mass is 262 g/mol. The Hall–Kier alpha value is -0.750. The molecule has 0 saturated carbocycles. The lowest BCUT2D eigenvalue weighted by Gasteiger charge is -2.18. The summed E-state index contributed by atoms with van der Waals surface area (Å²) in [5.41, 5.74) is 0. The van der Waals surface area contributed by atoms with E-state index in [0.717, 1.165) is 25.4 Å². The third kappa shape index (κ3) is 8.04. The average Bonchev–Trinajstić information content (AvgIpc) is 2.27. The second-order valence-electron chi connectivity index (χ2n) is 3.69. The summed E-state index contributed by atoms with van der Waals surface area (Å²) in [4.78, 5) is 23.9.